The van der Waals surface area contributed by atoms with Crippen LogP contribution in [0, 0.1) is 0 Å². The van der Waals surface area contributed by atoms with Gasteiger partial charge in [0.25, 0.3) is 5.91 Å². The lowest BCUT2D eigenvalue weighted by Gasteiger charge is -2.34. The topological polar surface area (TPSA) is 107 Å². The van der Waals surface area contributed by atoms with Crippen LogP contribution in [0.25, 0.3) is 0 Å². The summed E-state index contributed by atoms with van der Waals surface area (Å²) >= 11 is 7.42. The standard InChI is InChI=1S/C22H23ClN4O5S2/c23-15-3-5-16(6-4-15)34(31,32)26-11-9-25(10-12-26)19(28)14-27-20(29)22(24-21(27)30)8-1-2-18-17(22)7-13-33-18/h3-7,13H,1-2,8-12,14H2,(H,24,30)/t22-/m0/s1. The van der Waals surface area contributed by atoms with Crippen molar-refractivity contribution >= 4 is 50.8 Å². The van der Waals surface area contributed by atoms with Crippen molar-refractivity contribution in [3.8, 4) is 0 Å². The second-order valence-corrected chi connectivity index (χ2v) is 12.0. The lowest BCUT2D eigenvalue weighted by Crippen LogP contribution is -2.53. The molecule has 1 atom stereocenters. The Morgan fingerprint density at radius 2 is 1.79 bits per heavy atom. The van der Waals surface area contributed by atoms with E-state index in [0.717, 1.165) is 28.2 Å². The number of carbonyl (C=O) groups excluding carboxylic acids is 3. The molecule has 9 nitrogen and oxygen atoms in total. The van der Waals surface area contributed by atoms with Crippen molar-refractivity contribution in [1.82, 2.24) is 19.4 Å². The second-order valence-electron chi connectivity index (χ2n) is 8.58. The number of aryl methyl sites for hydroxylation is 1. The molecular formula is C22H23ClN4O5S2. The SMILES string of the molecule is O=C(CN1C(=O)N[C@]2(CCCc3sccc32)C1=O)N1CCN(S(=O)(=O)c2ccc(Cl)cc2)CC1. The number of rotatable bonds is 4. The minimum absolute atomic E-state index is 0.124. The zero-order chi connectivity index (χ0) is 24.1. The number of halogens is 1. The molecule has 1 aromatic carbocycles. The van der Waals surface area contributed by atoms with E-state index in [9.17, 15) is 22.8 Å². The second kappa shape index (κ2) is 8.63. The molecule has 2 saturated heterocycles. The number of hydrogen-bond acceptors (Lipinski definition) is 6. The van der Waals surface area contributed by atoms with E-state index in [1.165, 1.54) is 33.5 Å². The van der Waals surface area contributed by atoms with Gasteiger partial charge in [-0.05, 0) is 55.0 Å². The summed E-state index contributed by atoms with van der Waals surface area (Å²) in [5, 5.41) is 5.21. The fourth-order valence-corrected chi connectivity index (χ4v) is 7.40. The van der Waals surface area contributed by atoms with Crippen molar-refractivity contribution in [2.45, 2.75) is 29.7 Å². The monoisotopic (exact) mass is 522 g/mol. The molecule has 0 unspecified atom stereocenters. The molecule has 34 heavy (non-hydrogen) atoms. The van der Waals surface area contributed by atoms with Crippen LogP contribution in [0.5, 0.6) is 0 Å². The summed E-state index contributed by atoms with van der Waals surface area (Å²) < 4.78 is 27.1. The minimum Gasteiger partial charge on any atom is -0.338 e. The van der Waals surface area contributed by atoms with E-state index in [-0.39, 0.29) is 43.5 Å². The van der Waals surface area contributed by atoms with Crippen molar-refractivity contribution in [2.75, 3.05) is 32.7 Å². The summed E-state index contributed by atoms with van der Waals surface area (Å²) in [5.74, 6) is -0.778. The van der Waals surface area contributed by atoms with Crippen LogP contribution < -0.4 is 5.32 Å². The van der Waals surface area contributed by atoms with Gasteiger partial charge in [0.15, 0.2) is 0 Å². The average Bonchev–Trinajstić information content (AvgIpc) is 3.40. The van der Waals surface area contributed by atoms with Crippen LogP contribution in [-0.2, 0) is 31.6 Å². The van der Waals surface area contributed by atoms with Crippen molar-refractivity contribution in [1.29, 1.82) is 0 Å². The maximum absolute atomic E-state index is 13.3. The third-order valence-electron chi connectivity index (χ3n) is 6.67. The molecule has 180 valence electrons. The number of fused-ring (bicyclic) bond motifs is 2. The Morgan fingerprint density at radius 1 is 1.09 bits per heavy atom. The summed E-state index contributed by atoms with van der Waals surface area (Å²) in [4.78, 5) is 42.7. The predicted octanol–water partition coefficient (Wildman–Crippen LogP) is 2.02. The number of nitrogens with one attached hydrogen (secondary N) is 1. The van der Waals surface area contributed by atoms with E-state index in [1.807, 2.05) is 11.4 Å². The normalized spacial score (nSPS) is 23.3. The Labute approximate surface area is 206 Å². The Kier molecular flexibility index (Phi) is 5.91. The van der Waals surface area contributed by atoms with Crippen LogP contribution in [0.1, 0.15) is 23.3 Å². The Morgan fingerprint density at radius 3 is 2.50 bits per heavy atom. The Hall–Kier alpha value is -2.47. The number of imide groups is 1. The van der Waals surface area contributed by atoms with Crippen molar-refractivity contribution in [2.24, 2.45) is 0 Å². The van der Waals surface area contributed by atoms with Gasteiger partial charge in [0.2, 0.25) is 15.9 Å². The molecule has 0 bridgehead atoms. The van der Waals surface area contributed by atoms with Crippen LogP contribution in [0.3, 0.4) is 0 Å². The van der Waals surface area contributed by atoms with Gasteiger partial charge < -0.3 is 10.2 Å². The number of sulfonamides is 1. The van der Waals surface area contributed by atoms with Gasteiger partial charge in [0.1, 0.15) is 12.1 Å². The summed E-state index contributed by atoms with van der Waals surface area (Å²) in [7, 11) is -3.70. The minimum atomic E-state index is -3.70. The molecule has 12 heteroatoms. The van der Waals surface area contributed by atoms with Gasteiger partial charge in [0, 0.05) is 41.6 Å². The van der Waals surface area contributed by atoms with Crippen molar-refractivity contribution in [3.63, 3.8) is 0 Å². The summed E-state index contributed by atoms with van der Waals surface area (Å²) in [5.41, 5.74) is -0.255. The molecule has 1 spiro atoms. The summed E-state index contributed by atoms with van der Waals surface area (Å²) in [6.07, 6.45) is 2.17. The van der Waals surface area contributed by atoms with E-state index in [2.05, 4.69) is 5.32 Å². The zero-order valence-corrected chi connectivity index (χ0v) is 20.6. The Balaban J connectivity index is 1.24. The maximum Gasteiger partial charge on any atom is 0.325 e. The summed E-state index contributed by atoms with van der Waals surface area (Å²) in [6, 6.07) is 7.25. The summed E-state index contributed by atoms with van der Waals surface area (Å²) in [6.45, 7) is 0.234. The fraction of sp³-hybridized carbons (Fsp3) is 0.409. The van der Waals surface area contributed by atoms with E-state index in [0.29, 0.717) is 11.4 Å². The van der Waals surface area contributed by atoms with Gasteiger partial charge in [-0.1, -0.05) is 11.6 Å². The van der Waals surface area contributed by atoms with E-state index >= 15 is 0 Å². The number of amides is 4. The molecule has 1 aliphatic carbocycles. The van der Waals surface area contributed by atoms with Gasteiger partial charge in [-0.3, -0.25) is 14.5 Å². The van der Waals surface area contributed by atoms with Gasteiger partial charge in [-0.15, -0.1) is 11.3 Å². The number of carbonyl (C=O) groups is 3. The van der Waals surface area contributed by atoms with Gasteiger partial charge in [0.05, 0.1) is 4.90 Å². The number of urea groups is 1. The smallest absolute Gasteiger partial charge is 0.325 e. The highest BCUT2D eigenvalue weighted by molar-refractivity contribution is 7.89. The predicted molar refractivity (Wildman–Crippen MR) is 126 cm³/mol. The lowest BCUT2D eigenvalue weighted by atomic mass is 9.80. The first-order valence-corrected chi connectivity index (χ1v) is 13.7. The largest absolute Gasteiger partial charge is 0.338 e. The molecule has 1 N–H and O–H groups in total. The molecule has 0 saturated carbocycles. The average molecular weight is 523 g/mol. The van der Waals surface area contributed by atoms with Gasteiger partial charge >= 0.3 is 6.03 Å². The van der Waals surface area contributed by atoms with Crippen LogP contribution in [0.2, 0.25) is 5.02 Å². The Bertz CT molecular complexity index is 1250. The molecule has 3 aliphatic rings. The molecular weight excluding hydrogens is 500 g/mol. The molecule has 0 radical (unpaired) electrons. The number of nitrogens with zero attached hydrogens (tertiary/aromatic N) is 3. The van der Waals surface area contributed by atoms with E-state index < -0.39 is 27.5 Å². The molecule has 2 fully saturated rings. The molecule has 3 heterocycles. The number of thiophene rings is 1. The third kappa shape index (κ3) is 3.80. The van der Waals surface area contributed by atoms with E-state index in [4.69, 9.17) is 11.6 Å². The fourth-order valence-electron chi connectivity index (χ4n) is 4.85. The van der Waals surface area contributed by atoms with Crippen LogP contribution >= 0.6 is 22.9 Å². The number of benzene rings is 1. The third-order valence-corrected chi connectivity index (χ3v) is 9.82. The number of hydrogen-bond donors (Lipinski definition) is 1. The molecule has 4 amide bonds. The molecule has 2 aliphatic heterocycles. The van der Waals surface area contributed by atoms with Crippen LogP contribution in [0.15, 0.2) is 40.6 Å². The van der Waals surface area contributed by atoms with Crippen molar-refractivity contribution < 1.29 is 22.8 Å². The van der Waals surface area contributed by atoms with E-state index in [1.54, 1.807) is 11.3 Å². The first-order valence-electron chi connectivity index (χ1n) is 11.0. The zero-order valence-electron chi connectivity index (χ0n) is 18.2. The van der Waals surface area contributed by atoms with Crippen LogP contribution in [0.4, 0.5) is 4.79 Å². The first kappa shape index (κ1) is 23.3. The van der Waals surface area contributed by atoms with Crippen LogP contribution in [-0.4, -0.2) is 73.1 Å². The quantitative estimate of drug-likeness (QED) is 0.618. The number of piperazine rings is 1. The maximum atomic E-state index is 13.3. The molecule has 2 aromatic rings. The first-order chi connectivity index (χ1) is 16.2. The van der Waals surface area contributed by atoms with Gasteiger partial charge in [-0.2, -0.15) is 4.31 Å². The van der Waals surface area contributed by atoms with Gasteiger partial charge in [-0.25, -0.2) is 13.2 Å². The molecule has 1 aromatic heterocycles. The lowest BCUT2D eigenvalue weighted by molar-refractivity contribution is -0.140. The molecule has 5 rings (SSSR count). The highest BCUT2D eigenvalue weighted by Crippen LogP contribution is 2.42. The highest BCUT2D eigenvalue weighted by Gasteiger charge is 2.54. The van der Waals surface area contributed by atoms with Crippen molar-refractivity contribution in [3.05, 3.63) is 51.2 Å². The highest BCUT2D eigenvalue weighted by atomic mass is 35.5.